The number of carbonyl (C=O) groups excluding carboxylic acids is 2. The summed E-state index contributed by atoms with van der Waals surface area (Å²) in [5.74, 6) is 0.292. The van der Waals surface area contributed by atoms with E-state index < -0.39 is 5.54 Å². The van der Waals surface area contributed by atoms with Crippen LogP contribution in [0.2, 0.25) is 0 Å². The molecule has 0 aromatic heterocycles. The van der Waals surface area contributed by atoms with Gasteiger partial charge in [0.25, 0.3) is 0 Å². The Morgan fingerprint density at radius 1 is 1.13 bits per heavy atom. The Hall–Kier alpha value is -1.80. The highest BCUT2D eigenvalue weighted by molar-refractivity contribution is 5.97. The number of carbonyl (C=O) groups is 2. The average molecular weight is 435 g/mol. The fourth-order valence-electron chi connectivity index (χ4n) is 5.37. The van der Waals surface area contributed by atoms with E-state index in [-0.39, 0.29) is 17.4 Å². The highest BCUT2D eigenvalue weighted by Gasteiger charge is 2.44. The Bertz CT molecular complexity index is 707. The van der Waals surface area contributed by atoms with Crippen molar-refractivity contribution in [1.29, 1.82) is 0 Å². The number of nitrogens with zero attached hydrogens (tertiary/aromatic N) is 3. The molecule has 3 amide bonds. The van der Waals surface area contributed by atoms with Crippen molar-refractivity contribution in [2.45, 2.75) is 84.2 Å². The van der Waals surface area contributed by atoms with Crippen molar-refractivity contribution in [1.82, 2.24) is 20.0 Å². The van der Waals surface area contributed by atoms with Gasteiger partial charge in [0.1, 0.15) is 0 Å². The molecule has 0 spiro atoms. The van der Waals surface area contributed by atoms with Gasteiger partial charge >= 0.3 is 6.03 Å². The van der Waals surface area contributed by atoms with Gasteiger partial charge in [0.05, 0.1) is 12.5 Å². The van der Waals surface area contributed by atoms with Crippen LogP contribution in [0.1, 0.15) is 72.6 Å². The van der Waals surface area contributed by atoms with Crippen LogP contribution in [0.25, 0.3) is 0 Å². The number of imide groups is 1. The lowest BCUT2D eigenvalue weighted by molar-refractivity contribution is -0.125. The number of unbranched alkanes of at least 4 members (excludes halogenated alkanes) is 1. The molecule has 8 heteroatoms. The highest BCUT2D eigenvalue weighted by atomic mass is 16.2. The number of urea groups is 1. The molecule has 2 heterocycles. The van der Waals surface area contributed by atoms with Crippen molar-refractivity contribution >= 4 is 11.9 Å². The predicted molar refractivity (Wildman–Crippen MR) is 123 cm³/mol. The van der Waals surface area contributed by atoms with E-state index in [0.717, 1.165) is 57.6 Å². The molecule has 0 aromatic carbocycles. The summed E-state index contributed by atoms with van der Waals surface area (Å²) in [6, 6.07) is 0.261. The van der Waals surface area contributed by atoms with E-state index >= 15 is 0 Å². The SMILES string of the molecule is CCCCN1CC(=C(N)N)CN(C2CCC(C)(CN3C(=O)NC(=O)CC3(C)C)CC2)C1. The molecule has 5 N–H and O–H groups in total. The summed E-state index contributed by atoms with van der Waals surface area (Å²) < 4.78 is 0. The van der Waals surface area contributed by atoms with Gasteiger partial charge in [-0.1, -0.05) is 20.3 Å². The third-order valence-corrected chi connectivity index (χ3v) is 7.46. The first-order valence-electron chi connectivity index (χ1n) is 11.8. The number of hydrogen-bond donors (Lipinski definition) is 3. The van der Waals surface area contributed by atoms with Crippen molar-refractivity contribution in [3.8, 4) is 0 Å². The minimum absolute atomic E-state index is 0.0642. The topological polar surface area (TPSA) is 108 Å². The van der Waals surface area contributed by atoms with Gasteiger partial charge in [-0.25, -0.2) is 4.79 Å². The lowest BCUT2D eigenvalue weighted by Crippen LogP contribution is -2.62. The third kappa shape index (κ3) is 5.71. The van der Waals surface area contributed by atoms with E-state index in [2.05, 4.69) is 29.0 Å². The standard InChI is InChI=1S/C23H42N6O2/c1-5-6-11-27-13-17(20(24)25)14-28(16-27)18-7-9-23(4,10-8-18)15-29-21(31)26-19(30)12-22(29,2)3/h18H,5-16,24-25H2,1-4H3,(H,26,30,31). The van der Waals surface area contributed by atoms with Crippen LogP contribution in [-0.4, -0.2) is 71.1 Å². The maximum absolute atomic E-state index is 12.5. The Morgan fingerprint density at radius 3 is 2.39 bits per heavy atom. The fraction of sp³-hybridized carbons (Fsp3) is 0.826. The van der Waals surface area contributed by atoms with Crippen LogP contribution in [0.4, 0.5) is 4.79 Å². The maximum Gasteiger partial charge on any atom is 0.324 e. The van der Waals surface area contributed by atoms with Gasteiger partial charge in [-0.05, 0) is 63.5 Å². The molecule has 0 bridgehead atoms. The maximum atomic E-state index is 12.5. The van der Waals surface area contributed by atoms with Crippen LogP contribution in [0.15, 0.2) is 11.4 Å². The minimum Gasteiger partial charge on any atom is -0.386 e. The monoisotopic (exact) mass is 434 g/mol. The molecule has 3 rings (SSSR count). The number of nitrogens with one attached hydrogen (secondary N) is 1. The quantitative estimate of drug-likeness (QED) is 0.591. The second kappa shape index (κ2) is 9.36. The molecule has 2 saturated heterocycles. The van der Waals surface area contributed by atoms with Gasteiger partial charge < -0.3 is 16.4 Å². The van der Waals surface area contributed by atoms with E-state index in [1.807, 2.05) is 18.7 Å². The molecule has 31 heavy (non-hydrogen) atoms. The second-order valence-electron chi connectivity index (χ2n) is 10.8. The Balaban J connectivity index is 1.62. The first-order valence-corrected chi connectivity index (χ1v) is 11.8. The predicted octanol–water partition coefficient (Wildman–Crippen LogP) is 2.16. The van der Waals surface area contributed by atoms with Gasteiger partial charge in [-0.15, -0.1) is 0 Å². The lowest BCUT2D eigenvalue weighted by atomic mass is 9.72. The molecule has 0 unspecified atom stereocenters. The first-order chi connectivity index (χ1) is 14.5. The zero-order valence-corrected chi connectivity index (χ0v) is 19.9. The van der Waals surface area contributed by atoms with Crippen LogP contribution in [0, 0.1) is 5.41 Å². The molecular weight excluding hydrogens is 392 g/mol. The van der Waals surface area contributed by atoms with E-state index in [1.54, 1.807) is 0 Å². The largest absolute Gasteiger partial charge is 0.386 e. The first kappa shape index (κ1) is 23.9. The van der Waals surface area contributed by atoms with Crippen molar-refractivity contribution in [2.75, 3.05) is 32.8 Å². The van der Waals surface area contributed by atoms with Gasteiger partial charge in [0.2, 0.25) is 5.91 Å². The van der Waals surface area contributed by atoms with Gasteiger partial charge in [-0.2, -0.15) is 0 Å². The van der Waals surface area contributed by atoms with E-state index in [1.165, 1.54) is 12.8 Å². The molecule has 0 radical (unpaired) electrons. The van der Waals surface area contributed by atoms with Crippen LogP contribution in [0.5, 0.6) is 0 Å². The fourth-order valence-corrected chi connectivity index (χ4v) is 5.37. The molecule has 0 aromatic rings. The lowest BCUT2D eigenvalue weighted by Gasteiger charge is -2.50. The summed E-state index contributed by atoms with van der Waals surface area (Å²) in [5, 5.41) is 2.49. The third-order valence-electron chi connectivity index (χ3n) is 7.46. The van der Waals surface area contributed by atoms with Gasteiger partial charge in [0.15, 0.2) is 0 Å². The summed E-state index contributed by atoms with van der Waals surface area (Å²) in [6.45, 7) is 13.0. The molecule has 1 saturated carbocycles. The Morgan fingerprint density at radius 2 is 1.81 bits per heavy atom. The van der Waals surface area contributed by atoms with Crippen molar-refractivity contribution in [3.63, 3.8) is 0 Å². The van der Waals surface area contributed by atoms with Crippen LogP contribution >= 0.6 is 0 Å². The number of hydrogen-bond acceptors (Lipinski definition) is 6. The van der Waals surface area contributed by atoms with Crippen molar-refractivity contribution in [2.24, 2.45) is 16.9 Å². The number of rotatable bonds is 6. The Kier molecular flexibility index (Phi) is 7.21. The second-order valence-corrected chi connectivity index (χ2v) is 10.8. The average Bonchev–Trinajstić information content (AvgIpc) is 2.69. The van der Waals surface area contributed by atoms with Crippen molar-refractivity contribution in [3.05, 3.63) is 11.4 Å². The van der Waals surface area contributed by atoms with Crippen molar-refractivity contribution < 1.29 is 9.59 Å². The normalized spacial score (nSPS) is 30.4. The molecular formula is C23H42N6O2. The summed E-state index contributed by atoms with van der Waals surface area (Å²) in [5.41, 5.74) is 12.7. The van der Waals surface area contributed by atoms with Crippen LogP contribution < -0.4 is 16.8 Å². The minimum atomic E-state index is -0.440. The van der Waals surface area contributed by atoms with Gasteiger partial charge in [0, 0.05) is 37.6 Å². The highest BCUT2D eigenvalue weighted by Crippen LogP contribution is 2.41. The van der Waals surface area contributed by atoms with Crippen LogP contribution in [-0.2, 0) is 4.79 Å². The summed E-state index contributed by atoms with van der Waals surface area (Å²) in [4.78, 5) is 31.2. The smallest absolute Gasteiger partial charge is 0.324 e. The summed E-state index contributed by atoms with van der Waals surface area (Å²) in [6.07, 6.45) is 7.05. The molecule has 2 aliphatic heterocycles. The molecule has 8 nitrogen and oxygen atoms in total. The zero-order chi connectivity index (χ0) is 22.8. The molecule has 3 aliphatic rings. The van der Waals surface area contributed by atoms with E-state index in [4.69, 9.17) is 11.5 Å². The number of amides is 3. The summed E-state index contributed by atoms with van der Waals surface area (Å²) >= 11 is 0. The summed E-state index contributed by atoms with van der Waals surface area (Å²) in [7, 11) is 0. The van der Waals surface area contributed by atoms with Gasteiger partial charge in [-0.3, -0.25) is 19.9 Å². The van der Waals surface area contributed by atoms with E-state index in [9.17, 15) is 9.59 Å². The Labute approximate surface area is 187 Å². The molecule has 1 aliphatic carbocycles. The number of nitrogens with two attached hydrogens (primary N) is 2. The molecule has 176 valence electrons. The zero-order valence-electron chi connectivity index (χ0n) is 19.9. The molecule has 0 atom stereocenters. The van der Waals surface area contributed by atoms with E-state index in [0.29, 0.717) is 24.8 Å². The molecule has 3 fully saturated rings. The van der Waals surface area contributed by atoms with Crippen LogP contribution in [0.3, 0.4) is 0 Å².